The summed E-state index contributed by atoms with van der Waals surface area (Å²) >= 11 is 14.4. The Hall–Kier alpha value is -2.95. The normalized spacial score (nSPS) is 11.4. The zero-order valence-electron chi connectivity index (χ0n) is 19.8. The molecular formula is C26H20Cl2N5O2SW-. The van der Waals surface area contributed by atoms with Crippen LogP contribution in [-0.4, -0.2) is 20.1 Å². The van der Waals surface area contributed by atoms with Crippen LogP contribution < -0.4 is 4.74 Å². The number of thiazole rings is 1. The summed E-state index contributed by atoms with van der Waals surface area (Å²) < 4.78 is 6.23. The number of benzene rings is 1. The first-order chi connectivity index (χ1) is 17.4. The Kier molecular flexibility index (Phi) is 10.1. The van der Waals surface area contributed by atoms with E-state index in [-0.39, 0.29) is 34.2 Å². The first-order valence-electron chi connectivity index (χ1n) is 10.8. The van der Waals surface area contributed by atoms with Crippen LogP contribution in [-0.2, 0) is 34.2 Å². The zero-order chi connectivity index (χ0) is 25.7. The van der Waals surface area contributed by atoms with Crippen molar-refractivity contribution in [3.63, 3.8) is 0 Å². The van der Waals surface area contributed by atoms with Gasteiger partial charge in [0.15, 0.2) is 5.76 Å². The Balaban J connectivity index is 0.00000380. The van der Waals surface area contributed by atoms with Crippen molar-refractivity contribution in [2.75, 3.05) is 0 Å². The molecule has 0 spiro atoms. The number of hydrogen-bond donors (Lipinski definition) is 1. The Morgan fingerprint density at radius 3 is 2.73 bits per heavy atom. The van der Waals surface area contributed by atoms with Gasteiger partial charge in [0.25, 0.3) is 0 Å². The van der Waals surface area contributed by atoms with Gasteiger partial charge in [-0.25, -0.2) is 9.97 Å². The summed E-state index contributed by atoms with van der Waals surface area (Å²) in [4.78, 5) is 14.4. The molecule has 4 aromatic rings. The third-order valence-corrected chi connectivity index (χ3v) is 6.75. The van der Waals surface area contributed by atoms with Crippen molar-refractivity contribution in [1.29, 1.82) is 5.26 Å². The summed E-state index contributed by atoms with van der Waals surface area (Å²) in [5.41, 5.74) is 6.35. The van der Waals surface area contributed by atoms with E-state index in [2.05, 4.69) is 15.3 Å². The number of allylic oxidation sites excluding steroid dienone is 3. The summed E-state index contributed by atoms with van der Waals surface area (Å²) in [6.45, 7) is 4.20. The third-order valence-electron chi connectivity index (χ3n) is 5.16. The summed E-state index contributed by atoms with van der Waals surface area (Å²) in [5, 5.41) is 24.0. The van der Waals surface area contributed by atoms with Gasteiger partial charge in [-0.15, -0.1) is 11.3 Å². The van der Waals surface area contributed by atoms with Crippen LogP contribution in [0.3, 0.4) is 0 Å². The van der Waals surface area contributed by atoms with E-state index in [9.17, 15) is 5.11 Å². The Morgan fingerprint density at radius 2 is 2.00 bits per heavy atom. The maximum atomic E-state index is 9.19. The summed E-state index contributed by atoms with van der Waals surface area (Å²) in [7, 11) is 0. The van der Waals surface area contributed by atoms with Crippen LogP contribution in [0.15, 0.2) is 60.0 Å². The van der Waals surface area contributed by atoms with Gasteiger partial charge in [0.05, 0.1) is 15.4 Å². The molecular weight excluding hydrogens is 701 g/mol. The molecule has 37 heavy (non-hydrogen) atoms. The number of nitrogens with zero attached hydrogens (tertiary/aromatic N) is 5. The minimum absolute atomic E-state index is 0. The molecule has 1 aromatic carbocycles. The van der Waals surface area contributed by atoms with E-state index in [0.717, 1.165) is 27.2 Å². The van der Waals surface area contributed by atoms with Gasteiger partial charge in [0, 0.05) is 54.7 Å². The number of fused-ring (bicyclic) bond motifs is 1. The van der Waals surface area contributed by atoms with Crippen LogP contribution in [0.5, 0.6) is 5.75 Å². The number of para-hydroxylation sites is 1. The number of rotatable bonds is 8. The van der Waals surface area contributed by atoms with E-state index in [1.54, 1.807) is 17.6 Å². The first-order valence-corrected chi connectivity index (χ1v) is 12.4. The van der Waals surface area contributed by atoms with Gasteiger partial charge in [-0.3, -0.25) is 4.98 Å². The maximum absolute atomic E-state index is 9.19. The van der Waals surface area contributed by atoms with E-state index in [1.807, 2.05) is 38.1 Å². The molecule has 188 valence electrons. The Labute approximate surface area is 242 Å². The van der Waals surface area contributed by atoms with Gasteiger partial charge >= 0.3 is 0 Å². The van der Waals surface area contributed by atoms with Crippen LogP contribution in [0.2, 0.25) is 10.2 Å². The number of aliphatic hydroxyl groups excluding tert-OH is 1. The number of ether oxygens (including phenoxy) is 1. The third kappa shape index (κ3) is 6.88. The average molecular weight is 721 g/mol. The molecule has 0 bridgehead atoms. The molecule has 0 aliphatic rings. The van der Waals surface area contributed by atoms with Gasteiger partial charge in [0.1, 0.15) is 29.1 Å². The average Bonchev–Trinajstić information content (AvgIpc) is 3.28. The molecule has 0 atom stereocenters. The van der Waals surface area contributed by atoms with E-state index in [4.69, 9.17) is 38.2 Å². The minimum Gasteiger partial charge on any atom is -0.686 e. The van der Waals surface area contributed by atoms with Gasteiger partial charge in [-0.1, -0.05) is 48.0 Å². The SMILES string of the molecule is Cc1cc(Cl)c(COc2cccc3c(-c4scnc4Cl)cc(C)nc23)c(C[N-]/C=C\C=C(/O)C#N)n1.[W]. The van der Waals surface area contributed by atoms with Crippen molar-refractivity contribution < 1.29 is 30.9 Å². The zero-order valence-corrected chi connectivity index (χ0v) is 25.0. The topological polar surface area (TPSA) is 106 Å². The van der Waals surface area contributed by atoms with Crippen LogP contribution in [0.4, 0.5) is 0 Å². The smallest absolute Gasteiger partial charge is 0.194 e. The first kappa shape index (κ1) is 28.6. The molecule has 11 heteroatoms. The predicted octanol–water partition coefficient (Wildman–Crippen LogP) is 7.61. The molecule has 0 unspecified atom stereocenters. The van der Waals surface area contributed by atoms with Crippen molar-refractivity contribution in [3.8, 4) is 22.3 Å². The number of aliphatic hydroxyl groups is 1. The Morgan fingerprint density at radius 1 is 1.22 bits per heavy atom. The Bertz CT molecular complexity index is 1530. The van der Waals surface area contributed by atoms with Crippen molar-refractivity contribution in [1.82, 2.24) is 15.0 Å². The summed E-state index contributed by atoms with van der Waals surface area (Å²) in [6, 6.07) is 11.2. The van der Waals surface area contributed by atoms with E-state index >= 15 is 0 Å². The van der Waals surface area contributed by atoms with E-state index in [1.165, 1.54) is 29.7 Å². The molecule has 0 aliphatic carbocycles. The summed E-state index contributed by atoms with van der Waals surface area (Å²) in [6.07, 6.45) is 4.22. The second-order valence-electron chi connectivity index (χ2n) is 7.74. The van der Waals surface area contributed by atoms with Gasteiger partial charge in [0.2, 0.25) is 0 Å². The minimum atomic E-state index is -0.396. The van der Waals surface area contributed by atoms with Gasteiger partial charge in [-0.05, 0) is 38.1 Å². The van der Waals surface area contributed by atoms with E-state index in [0.29, 0.717) is 32.7 Å². The van der Waals surface area contributed by atoms with Crippen molar-refractivity contribution >= 4 is 45.4 Å². The molecule has 0 fully saturated rings. The molecule has 0 radical (unpaired) electrons. The predicted molar refractivity (Wildman–Crippen MR) is 143 cm³/mol. The fourth-order valence-corrected chi connectivity index (χ4v) is 4.96. The maximum Gasteiger partial charge on any atom is 0.194 e. The molecule has 0 saturated heterocycles. The van der Waals surface area contributed by atoms with Crippen LogP contribution in [0, 0.1) is 25.2 Å². The van der Waals surface area contributed by atoms with Crippen molar-refractivity contribution in [2.45, 2.75) is 27.0 Å². The molecule has 7 nitrogen and oxygen atoms in total. The number of halogens is 2. The molecule has 1 N–H and O–H groups in total. The molecule has 0 aliphatic heterocycles. The molecule has 3 aromatic heterocycles. The number of hydrogen-bond acceptors (Lipinski definition) is 7. The van der Waals surface area contributed by atoms with Crippen molar-refractivity contribution in [2.24, 2.45) is 0 Å². The molecule has 4 rings (SSSR count). The summed E-state index contributed by atoms with van der Waals surface area (Å²) in [5.74, 6) is 0.210. The molecule has 0 saturated carbocycles. The van der Waals surface area contributed by atoms with Crippen LogP contribution in [0.25, 0.3) is 26.7 Å². The molecule has 0 amide bonds. The number of aryl methyl sites for hydroxylation is 2. The van der Waals surface area contributed by atoms with Crippen LogP contribution >= 0.6 is 34.5 Å². The number of nitriles is 1. The van der Waals surface area contributed by atoms with Gasteiger partial charge in [-0.2, -0.15) is 11.5 Å². The largest absolute Gasteiger partial charge is 0.686 e. The second-order valence-corrected chi connectivity index (χ2v) is 9.36. The van der Waals surface area contributed by atoms with E-state index < -0.39 is 5.76 Å². The number of pyridine rings is 2. The van der Waals surface area contributed by atoms with Crippen molar-refractivity contribution in [3.05, 3.63) is 98.1 Å². The quantitative estimate of drug-likeness (QED) is 0.0870. The molecule has 3 heterocycles. The standard InChI is InChI=1S/C26H20Cl2N5O2S.W/c1-15-9-19(25-26(28)31-14-36-25)18-6-3-7-23(24(18)33-15)35-13-20-21(27)10-16(2)32-22(20)12-30-8-4-5-17(34)11-29;/h3-10,14,34H,12-13H2,1-2H3;/q-1;/b8-4-,17-5-;. The fourth-order valence-electron chi connectivity index (χ4n) is 3.59. The fraction of sp³-hybridized carbons (Fsp3) is 0.154. The second kappa shape index (κ2) is 13.0. The van der Waals surface area contributed by atoms with Gasteiger partial charge < -0.3 is 15.2 Å². The number of aromatic nitrogens is 3. The monoisotopic (exact) mass is 720 g/mol. The van der Waals surface area contributed by atoms with Crippen LogP contribution in [0.1, 0.15) is 22.6 Å².